The Hall–Kier alpha value is -1.10. The van der Waals surface area contributed by atoms with Crippen molar-refractivity contribution in [3.05, 3.63) is 35.9 Å². The van der Waals surface area contributed by atoms with Gasteiger partial charge in [-0.2, -0.15) is 0 Å². The Kier molecular flexibility index (Phi) is 8.37. The fourth-order valence-corrected chi connectivity index (χ4v) is 1.42. The number of carbonyl (C=O) groups is 1. The number of carbonyl (C=O) groups excluding carboxylic acids is 1. The van der Waals surface area contributed by atoms with Gasteiger partial charge in [0.1, 0.15) is 0 Å². The lowest BCUT2D eigenvalue weighted by molar-refractivity contribution is -0.131. The molecule has 0 fully saturated rings. The van der Waals surface area contributed by atoms with Gasteiger partial charge < -0.3 is 15.4 Å². The first kappa shape index (κ1) is 16.9. The van der Waals surface area contributed by atoms with Crippen LogP contribution in [0.4, 0.5) is 0 Å². The Balaban J connectivity index is 0.00000289. The van der Waals surface area contributed by atoms with E-state index < -0.39 is 6.04 Å². The topological polar surface area (TPSA) is 55.6 Å². The average Bonchev–Trinajstić information content (AvgIpc) is 2.34. The van der Waals surface area contributed by atoms with E-state index in [2.05, 4.69) is 0 Å². The molecule has 1 atom stereocenters. The van der Waals surface area contributed by atoms with Crippen molar-refractivity contribution < 1.29 is 9.53 Å². The molecule has 1 amide bonds. The van der Waals surface area contributed by atoms with Crippen molar-refractivity contribution in [3.8, 4) is 0 Å². The average molecular weight is 273 g/mol. The molecule has 18 heavy (non-hydrogen) atoms. The predicted octanol–water partition coefficient (Wildman–Crippen LogP) is 1.43. The van der Waals surface area contributed by atoms with E-state index >= 15 is 0 Å². The van der Waals surface area contributed by atoms with Gasteiger partial charge in [-0.1, -0.05) is 30.3 Å². The third-order valence-corrected chi connectivity index (χ3v) is 2.45. The third-order valence-electron chi connectivity index (χ3n) is 2.45. The molecule has 0 spiro atoms. The van der Waals surface area contributed by atoms with E-state index in [9.17, 15) is 4.79 Å². The van der Waals surface area contributed by atoms with Crippen LogP contribution in [-0.4, -0.2) is 37.0 Å². The Morgan fingerprint density at radius 3 is 2.56 bits per heavy atom. The van der Waals surface area contributed by atoms with E-state index in [0.717, 1.165) is 5.56 Å². The number of rotatable bonds is 6. The van der Waals surface area contributed by atoms with E-state index in [0.29, 0.717) is 19.8 Å². The lowest BCUT2D eigenvalue weighted by Gasteiger charge is -2.19. The zero-order chi connectivity index (χ0) is 12.7. The summed E-state index contributed by atoms with van der Waals surface area (Å²) < 4.78 is 5.49. The van der Waals surface area contributed by atoms with Crippen LogP contribution in [0.5, 0.6) is 0 Å². The summed E-state index contributed by atoms with van der Waals surface area (Å²) in [5.74, 6) is -0.0617. The van der Waals surface area contributed by atoms with E-state index in [4.69, 9.17) is 10.5 Å². The molecule has 1 rings (SSSR count). The second-order valence-corrected chi connectivity index (χ2v) is 4.09. The normalized spacial score (nSPS) is 11.5. The van der Waals surface area contributed by atoms with Gasteiger partial charge in [0.15, 0.2) is 0 Å². The van der Waals surface area contributed by atoms with Crippen molar-refractivity contribution in [1.82, 2.24) is 4.90 Å². The second-order valence-electron chi connectivity index (χ2n) is 4.09. The Morgan fingerprint density at radius 2 is 2.00 bits per heavy atom. The highest BCUT2D eigenvalue weighted by Gasteiger charge is 2.12. The van der Waals surface area contributed by atoms with Crippen LogP contribution in [0.3, 0.4) is 0 Å². The summed E-state index contributed by atoms with van der Waals surface area (Å²) in [7, 11) is 1.73. The Labute approximate surface area is 115 Å². The molecule has 0 aliphatic carbocycles. The van der Waals surface area contributed by atoms with E-state index in [1.54, 1.807) is 18.9 Å². The largest absolute Gasteiger partial charge is 0.375 e. The summed E-state index contributed by atoms with van der Waals surface area (Å²) in [6.07, 6.45) is 0. The van der Waals surface area contributed by atoms with Crippen LogP contribution in [0, 0.1) is 0 Å². The van der Waals surface area contributed by atoms with Gasteiger partial charge in [-0.25, -0.2) is 0 Å². The fourth-order valence-electron chi connectivity index (χ4n) is 1.42. The van der Waals surface area contributed by atoms with Crippen LogP contribution in [0.2, 0.25) is 0 Å². The minimum Gasteiger partial charge on any atom is -0.375 e. The van der Waals surface area contributed by atoms with Gasteiger partial charge >= 0.3 is 0 Å². The number of hydrogen-bond acceptors (Lipinski definition) is 3. The summed E-state index contributed by atoms with van der Waals surface area (Å²) in [6, 6.07) is 9.50. The van der Waals surface area contributed by atoms with Crippen molar-refractivity contribution in [1.29, 1.82) is 0 Å². The first-order valence-electron chi connectivity index (χ1n) is 5.73. The van der Waals surface area contributed by atoms with Crippen LogP contribution in [0.1, 0.15) is 12.5 Å². The number of ether oxygens (including phenoxy) is 1. The summed E-state index contributed by atoms with van der Waals surface area (Å²) in [4.78, 5) is 13.0. The Morgan fingerprint density at radius 1 is 1.39 bits per heavy atom. The zero-order valence-electron chi connectivity index (χ0n) is 10.8. The highest BCUT2D eigenvalue weighted by Crippen LogP contribution is 2.00. The minimum absolute atomic E-state index is 0. The monoisotopic (exact) mass is 272 g/mol. The molecule has 102 valence electrons. The summed E-state index contributed by atoms with van der Waals surface area (Å²) in [5.41, 5.74) is 6.63. The predicted molar refractivity (Wildman–Crippen MR) is 74.6 cm³/mol. The molecule has 4 nitrogen and oxygen atoms in total. The van der Waals surface area contributed by atoms with Gasteiger partial charge in [0.2, 0.25) is 5.91 Å². The molecule has 5 heteroatoms. The van der Waals surface area contributed by atoms with Crippen LogP contribution in [0.15, 0.2) is 30.3 Å². The molecule has 0 aromatic heterocycles. The van der Waals surface area contributed by atoms with E-state index in [1.165, 1.54) is 0 Å². The number of nitrogens with two attached hydrogens (primary N) is 1. The van der Waals surface area contributed by atoms with Crippen molar-refractivity contribution in [2.75, 3.05) is 20.2 Å². The standard InChI is InChI=1S/C13H20N2O2.ClH/c1-11(14)13(16)15(2)8-9-17-10-12-6-4-3-5-7-12;/h3-7,11H,8-10,14H2,1-2H3;1H/t11-;/m1./s1. The van der Waals surface area contributed by atoms with Crippen LogP contribution in [0.25, 0.3) is 0 Å². The SMILES string of the molecule is C[C@@H](N)C(=O)N(C)CCOCc1ccccc1.Cl. The van der Waals surface area contributed by atoms with Crippen LogP contribution in [-0.2, 0) is 16.1 Å². The molecule has 0 unspecified atom stereocenters. The van der Waals surface area contributed by atoms with E-state index in [1.807, 2.05) is 30.3 Å². The number of amides is 1. The summed E-state index contributed by atoms with van der Waals surface area (Å²) in [6.45, 7) is 3.34. The van der Waals surface area contributed by atoms with Crippen molar-refractivity contribution in [2.45, 2.75) is 19.6 Å². The molecule has 0 aliphatic rings. The minimum atomic E-state index is -0.450. The van der Waals surface area contributed by atoms with Crippen molar-refractivity contribution >= 4 is 18.3 Å². The molecular weight excluding hydrogens is 252 g/mol. The molecule has 0 bridgehead atoms. The van der Waals surface area contributed by atoms with Gasteiger partial charge in [0.05, 0.1) is 19.3 Å². The zero-order valence-corrected chi connectivity index (χ0v) is 11.7. The quantitative estimate of drug-likeness (QED) is 0.797. The number of benzene rings is 1. The molecule has 0 aliphatic heterocycles. The lowest BCUT2D eigenvalue weighted by Crippen LogP contribution is -2.41. The smallest absolute Gasteiger partial charge is 0.239 e. The second kappa shape index (κ2) is 8.91. The van der Waals surface area contributed by atoms with Crippen LogP contribution >= 0.6 is 12.4 Å². The molecule has 0 saturated carbocycles. The molecular formula is C13H21ClN2O2. The van der Waals surface area contributed by atoms with Gasteiger partial charge in [0.25, 0.3) is 0 Å². The van der Waals surface area contributed by atoms with Crippen molar-refractivity contribution in [2.24, 2.45) is 5.73 Å². The molecule has 1 aromatic rings. The first-order valence-corrected chi connectivity index (χ1v) is 5.73. The lowest BCUT2D eigenvalue weighted by atomic mass is 10.2. The summed E-state index contributed by atoms with van der Waals surface area (Å²) >= 11 is 0. The number of likely N-dealkylation sites (N-methyl/N-ethyl adjacent to an activating group) is 1. The summed E-state index contributed by atoms with van der Waals surface area (Å²) in [5, 5.41) is 0. The van der Waals surface area contributed by atoms with E-state index in [-0.39, 0.29) is 18.3 Å². The Bertz CT molecular complexity index is 344. The molecule has 2 N–H and O–H groups in total. The van der Waals surface area contributed by atoms with Gasteiger partial charge in [-0.15, -0.1) is 12.4 Å². The maximum absolute atomic E-state index is 11.5. The number of nitrogens with zero attached hydrogens (tertiary/aromatic N) is 1. The molecule has 0 heterocycles. The molecule has 1 aromatic carbocycles. The highest BCUT2D eigenvalue weighted by atomic mass is 35.5. The number of halogens is 1. The number of hydrogen-bond donors (Lipinski definition) is 1. The van der Waals surface area contributed by atoms with Gasteiger partial charge in [0, 0.05) is 13.6 Å². The maximum atomic E-state index is 11.5. The molecule has 0 radical (unpaired) electrons. The van der Waals surface area contributed by atoms with Gasteiger partial charge in [-0.05, 0) is 12.5 Å². The van der Waals surface area contributed by atoms with Crippen molar-refractivity contribution in [3.63, 3.8) is 0 Å². The maximum Gasteiger partial charge on any atom is 0.239 e. The van der Waals surface area contributed by atoms with Gasteiger partial charge in [-0.3, -0.25) is 4.79 Å². The van der Waals surface area contributed by atoms with Crippen LogP contribution < -0.4 is 5.73 Å². The molecule has 0 saturated heterocycles. The fraction of sp³-hybridized carbons (Fsp3) is 0.462. The first-order chi connectivity index (χ1) is 8.11. The third kappa shape index (κ3) is 6.00. The highest BCUT2D eigenvalue weighted by molar-refractivity contribution is 5.85.